The van der Waals surface area contributed by atoms with E-state index in [1.54, 1.807) is 0 Å². The van der Waals surface area contributed by atoms with Crippen LogP contribution < -0.4 is 5.32 Å². The number of nitrogens with zero attached hydrogens (tertiary/aromatic N) is 1. The second-order valence-corrected chi connectivity index (χ2v) is 3.46. The van der Waals surface area contributed by atoms with Crippen molar-refractivity contribution in [3.8, 4) is 0 Å². The van der Waals surface area contributed by atoms with Crippen LogP contribution in [0.2, 0.25) is 0 Å². The second-order valence-electron chi connectivity index (χ2n) is 2.23. The summed E-state index contributed by atoms with van der Waals surface area (Å²) in [6, 6.07) is 0. The van der Waals surface area contributed by atoms with Crippen molar-refractivity contribution in [2.45, 2.75) is 0 Å². The number of rotatable bonds is 5. The van der Waals surface area contributed by atoms with E-state index in [4.69, 9.17) is 0 Å². The average Bonchev–Trinajstić information content (AvgIpc) is 2.02. The van der Waals surface area contributed by atoms with Gasteiger partial charge in [-0.3, -0.25) is 9.59 Å². The number of hydrogen-bond donors (Lipinski definition) is 4. The van der Waals surface area contributed by atoms with Crippen LogP contribution in [0.5, 0.6) is 0 Å². The van der Waals surface area contributed by atoms with Crippen LogP contribution >= 0.6 is 37.9 Å². The van der Waals surface area contributed by atoms with Crippen molar-refractivity contribution < 1.29 is 9.59 Å². The van der Waals surface area contributed by atoms with Crippen molar-refractivity contribution in [3.05, 3.63) is 0 Å². The van der Waals surface area contributed by atoms with Gasteiger partial charge in [0.05, 0.1) is 0 Å². The Hall–Kier alpha value is -0.0100. The molecule has 0 aliphatic carbocycles. The van der Waals surface area contributed by atoms with E-state index in [0.717, 1.165) is 0 Å². The molecular formula is C6H12N2O2S3. The third kappa shape index (κ3) is 7.09. The van der Waals surface area contributed by atoms with E-state index in [9.17, 15) is 9.59 Å². The molecule has 0 saturated carbocycles. The second kappa shape index (κ2) is 7.40. The molecule has 0 radical (unpaired) electrons. The Bertz CT molecular complexity index is 189. The van der Waals surface area contributed by atoms with Crippen molar-refractivity contribution in [2.75, 3.05) is 25.4 Å². The fourth-order valence-corrected chi connectivity index (χ4v) is 1.27. The highest BCUT2D eigenvalue weighted by molar-refractivity contribution is 7.96. The van der Waals surface area contributed by atoms with E-state index >= 15 is 0 Å². The summed E-state index contributed by atoms with van der Waals surface area (Å²) < 4.78 is 0. The number of carbonyl (C=O) groups excluding carboxylic acids is 2. The lowest BCUT2D eigenvalue weighted by atomic mass is 10.5. The van der Waals surface area contributed by atoms with Gasteiger partial charge in [-0.2, -0.15) is 12.6 Å². The highest BCUT2D eigenvalue weighted by atomic mass is 32.1. The molecule has 1 N–H and O–H groups in total. The van der Waals surface area contributed by atoms with Crippen LogP contribution in [0.1, 0.15) is 0 Å². The molecule has 0 fully saturated rings. The minimum absolute atomic E-state index is 0.317. The standard InChI is InChI=1S/C6H12N2O2S3/c9-5(12)7-1-2-8(3-4-11)6(10)13/h11H,1-4H2,(H,10,13)(H2,7,9,12). The summed E-state index contributed by atoms with van der Waals surface area (Å²) in [6.07, 6.45) is 0. The largest absolute Gasteiger partial charge is 0.345 e. The summed E-state index contributed by atoms with van der Waals surface area (Å²) in [7, 11) is 0. The first-order valence-corrected chi connectivity index (χ1v) is 5.16. The van der Waals surface area contributed by atoms with Crippen molar-refractivity contribution in [1.82, 2.24) is 10.2 Å². The third-order valence-electron chi connectivity index (χ3n) is 1.30. The van der Waals surface area contributed by atoms with Gasteiger partial charge in [-0.15, -0.1) is 0 Å². The Balaban J connectivity index is 3.69. The van der Waals surface area contributed by atoms with Crippen molar-refractivity contribution in [2.24, 2.45) is 0 Å². The van der Waals surface area contributed by atoms with Crippen LogP contribution in [0.4, 0.5) is 9.59 Å². The van der Waals surface area contributed by atoms with Crippen LogP contribution in [0.25, 0.3) is 0 Å². The Morgan fingerprint density at radius 3 is 2.23 bits per heavy atom. The molecule has 0 bridgehead atoms. The lowest BCUT2D eigenvalue weighted by Crippen LogP contribution is -2.35. The summed E-state index contributed by atoms with van der Waals surface area (Å²) >= 11 is 11.2. The normalized spacial score (nSPS) is 9.46. The summed E-state index contributed by atoms with van der Waals surface area (Å²) in [4.78, 5) is 22.7. The number of nitrogens with one attached hydrogen (secondary N) is 1. The highest BCUT2D eigenvalue weighted by Crippen LogP contribution is 1.95. The third-order valence-corrected chi connectivity index (χ3v) is 1.94. The lowest BCUT2D eigenvalue weighted by Gasteiger charge is -2.18. The van der Waals surface area contributed by atoms with Gasteiger partial charge < -0.3 is 10.2 Å². The first-order valence-electron chi connectivity index (χ1n) is 3.63. The minimum Gasteiger partial charge on any atom is -0.345 e. The van der Waals surface area contributed by atoms with Gasteiger partial charge in [0.15, 0.2) is 0 Å². The van der Waals surface area contributed by atoms with Crippen LogP contribution in [0.15, 0.2) is 0 Å². The molecule has 0 aromatic carbocycles. The van der Waals surface area contributed by atoms with Crippen molar-refractivity contribution in [3.63, 3.8) is 0 Å². The molecule has 0 rings (SSSR count). The van der Waals surface area contributed by atoms with E-state index < -0.39 is 5.24 Å². The first-order chi connectivity index (χ1) is 6.07. The van der Waals surface area contributed by atoms with Crippen LogP contribution in [0.3, 0.4) is 0 Å². The number of carbonyl (C=O) groups is 2. The van der Waals surface area contributed by atoms with Gasteiger partial charge in [-0.1, -0.05) is 25.3 Å². The van der Waals surface area contributed by atoms with Gasteiger partial charge in [0.2, 0.25) is 0 Å². The quantitative estimate of drug-likeness (QED) is 0.540. The summed E-state index contributed by atoms with van der Waals surface area (Å²) in [5, 5.41) is 1.74. The van der Waals surface area contributed by atoms with Gasteiger partial charge >= 0.3 is 0 Å². The maximum atomic E-state index is 10.8. The highest BCUT2D eigenvalue weighted by Gasteiger charge is 2.07. The Morgan fingerprint density at radius 1 is 1.23 bits per heavy atom. The molecule has 0 atom stereocenters. The van der Waals surface area contributed by atoms with Gasteiger partial charge in [0.1, 0.15) is 0 Å². The van der Waals surface area contributed by atoms with Crippen LogP contribution in [0, 0.1) is 0 Å². The summed E-state index contributed by atoms with van der Waals surface area (Å²) in [6.45, 7) is 1.32. The van der Waals surface area contributed by atoms with Gasteiger partial charge in [-0.05, 0) is 0 Å². The van der Waals surface area contributed by atoms with E-state index in [2.05, 4.69) is 43.2 Å². The van der Waals surface area contributed by atoms with E-state index in [-0.39, 0.29) is 5.24 Å². The van der Waals surface area contributed by atoms with Gasteiger partial charge in [0, 0.05) is 25.4 Å². The molecule has 0 unspecified atom stereocenters. The molecule has 0 spiro atoms. The molecule has 0 aromatic rings. The molecule has 13 heavy (non-hydrogen) atoms. The SMILES string of the molecule is O=C(S)NCCN(CCS)C(=O)S. The fourth-order valence-electron chi connectivity index (χ4n) is 0.722. The maximum absolute atomic E-state index is 10.8. The van der Waals surface area contributed by atoms with E-state index in [1.807, 2.05) is 0 Å². The zero-order valence-electron chi connectivity index (χ0n) is 6.93. The molecule has 7 heteroatoms. The number of amides is 2. The molecule has 76 valence electrons. The average molecular weight is 240 g/mol. The molecule has 0 heterocycles. The molecule has 0 saturated heterocycles. The van der Waals surface area contributed by atoms with Crippen molar-refractivity contribution >= 4 is 48.4 Å². The first kappa shape index (κ1) is 13.0. The van der Waals surface area contributed by atoms with E-state index in [1.165, 1.54) is 4.90 Å². The smallest absolute Gasteiger partial charge is 0.278 e. The summed E-state index contributed by atoms with van der Waals surface area (Å²) in [5.74, 6) is 0.571. The predicted molar refractivity (Wildman–Crippen MR) is 62.2 cm³/mol. The zero-order valence-corrected chi connectivity index (χ0v) is 9.62. The van der Waals surface area contributed by atoms with Gasteiger partial charge in [0.25, 0.3) is 10.5 Å². The Morgan fingerprint density at radius 2 is 1.85 bits per heavy atom. The Labute approximate surface area is 93.7 Å². The molecular weight excluding hydrogens is 228 g/mol. The monoisotopic (exact) mass is 240 g/mol. The van der Waals surface area contributed by atoms with Gasteiger partial charge in [-0.25, -0.2) is 0 Å². The summed E-state index contributed by atoms with van der Waals surface area (Å²) in [5.41, 5.74) is 0. The minimum atomic E-state index is -0.405. The number of hydrogen-bond acceptors (Lipinski definition) is 3. The fraction of sp³-hybridized carbons (Fsp3) is 0.667. The molecule has 4 nitrogen and oxygen atoms in total. The Kier molecular flexibility index (Phi) is 7.39. The lowest BCUT2D eigenvalue weighted by molar-refractivity contribution is 0.226. The molecule has 0 aromatic heterocycles. The van der Waals surface area contributed by atoms with Crippen molar-refractivity contribution in [1.29, 1.82) is 0 Å². The maximum Gasteiger partial charge on any atom is 0.278 e. The van der Waals surface area contributed by atoms with E-state index in [0.29, 0.717) is 25.4 Å². The predicted octanol–water partition coefficient (Wildman–Crippen LogP) is 0.907. The van der Waals surface area contributed by atoms with Crippen LogP contribution in [-0.4, -0.2) is 40.8 Å². The zero-order chi connectivity index (χ0) is 10.3. The molecule has 0 aliphatic rings. The molecule has 0 aliphatic heterocycles. The van der Waals surface area contributed by atoms with Crippen LogP contribution in [-0.2, 0) is 0 Å². The molecule has 2 amide bonds. The number of thiol groups is 3. The topological polar surface area (TPSA) is 49.4 Å².